The largest absolute Gasteiger partial charge is 0.508 e. The number of allylic oxidation sites excluding steroid dienone is 5. The van der Waals surface area contributed by atoms with E-state index >= 15 is 0 Å². The number of hydrogen-bond donors (Lipinski definition) is 9. The van der Waals surface area contributed by atoms with Crippen molar-refractivity contribution in [2.24, 2.45) is 17.6 Å². The minimum absolute atomic E-state index is 0.00412. The van der Waals surface area contributed by atoms with Gasteiger partial charge in [-0.25, -0.2) is 4.79 Å². The molecule has 1 aliphatic carbocycles. The van der Waals surface area contributed by atoms with E-state index in [0.29, 0.717) is 67.8 Å². The number of aliphatic hydroxyl groups is 2. The summed E-state index contributed by atoms with van der Waals surface area (Å²) in [4.78, 5) is 28.4. The lowest BCUT2D eigenvalue weighted by Crippen LogP contribution is -2.57. The molecule has 4 aliphatic heterocycles. The van der Waals surface area contributed by atoms with Gasteiger partial charge in [0.2, 0.25) is 0 Å². The summed E-state index contributed by atoms with van der Waals surface area (Å²) in [7, 11) is 0. The number of hydrogen-bond acceptors (Lipinski definition) is 14. The number of phenols is 2. The second-order valence-corrected chi connectivity index (χ2v) is 17.2. The smallest absolute Gasteiger partial charge is 0.335 e. The Hall–Kier alpha value is -5.54. The van der Waals surface area contributed by atoms with Crippen molar-refractivity contribution in [3.05, 3.63) is 121 Å². The minimum atomic E-state index is -1.27. The molecule has 14 nitrogen and oxygen atoms in total. The number of likely N-dealkylation sites (N-methyl/N-ethyl adjacent to an activating group) is 2. The van der Waals surface area contributed by atoms with Crippen LogP contribution in [0.25, 0.3) is 11.0 Å². The Morgan fingerprint density at radius 3 is 2.69 bits per heavy atom. The number of phenolic OH excluding ortho intramolecular Hbond substituents is 2. The van der Waals surface area contributed by atoms with Gasteiger partial charge in [-0.1, -0.05) is 38.1 Å². The van der Waals surface area contributed by atoms with Crippen LogP contribution in [0.15, 0.2) is 92.1 Å². The lowest BCUT2D eigenvalue weighted by molar-refractivity contribution is -0.165. The van der Waals surface area contributed by atoms with Crippen molar-refractivity contribution in [2.75, 3.05) is 32.8 Å². The Labute approximate surface area is 361 Å². The standard InChI is InChI=1S/C48H59N5O9/c1-5-26(22-50-6-2)47(59)61-37-20-34-43(58)41-36(57)19-31(23-54)60-45(41)42-40-32-14-15-52-46(49)39(32)28(10-9-27-11-12-30(56)18-33(27)35(40)24-55)17-29(48(37,4)62-44(34)42)16-25-8-13-38(51-7-3)53-21-25/h5,8,11-14,18-19,21,28-29,35,37-38,40,50-56,58H,6-7,9-10,15-17,20,22-24,49H2,1-4H3. The van der Waals surface area contributed by atoms with E-state index in [-0.39, 0.29) is 70.6 Å². The number of aryl methyl sites for hydroxylation is 1. The lowest BCUT2D eigenvalue weighted by Gasteiger charge is -2.50. The molecule has 0 amide bonds. The Morgan fingerprint density at radius 1 is 1.16 bits per heavy atom. The van der Waals surface area contributed by atoms with Crippen LogP contribution in [0.2, 0.25) is 0 Å². The number of benzene rings is 2. The first kappa shape index (κ1) is 43.1. The second-order valence-electron chi connectivity index (χ2n) is 17.2. The number of rotatable bonds is 11. The topological polar surface area (TPSA) is 221 Å². The Bertz CT molecular complexity index is 2470. The molecule has 5 aliphatic rings. The minimum Gasteiger partial charge on any atom is -0.508 e. The van der Waals surface area contributed by atoms with Gasteiger partial charge in [0, 0.05) is 66.2 Å². The molecule has 62 heavy (non-hydrogen) atoms. The SMILES string of the molecule is CC=C(CNCC)C(=O)OC1Cc2c3c(c4oc(CO)cc(=O)c4c2O)C2C4=CCNC(N)=C4C(CCc4ccc(O)cc4C2CO)CC(CC2=CNC(NCC)C=C2)C1(C)O3. The highest BCUT2D eigenvalue weighted by molar-refractivity contribution is 5.92. The predicted octanol–water partition coefficient (Wildman–Crippen LogP) is 4.37. The van der Waals surface area contributed by atoms with Gasteiger partial charge in [-0.3, -0.25) is 10.1 Å². The van der Waals surface area contributed by atoms with Crippen molar-refractivity contribution >= 4 is 16.9 Å². The molecule has 14 heteroatoms. The number of nitrogens with two attached hydrogens (primary N) is 1. The summed E-state index contributed by atoms with van der Waals surface area (Å²) in [5.41, 5.74) is 10.6. The van der Waals surface area contributed by atoms with Crippen LogP contribution in [-0.4, -0.2) is 77.1 Å². The average Bonchev–Trinajstić information content (AvgIpc) is 3.31. The summed E-state index contributed by atoms with van der Waals surface area (Å²) in [6.07, 6.45) is 11.2. The van der Waals surface area contributed by atoms with Crippen molar-refractivity contribution in [1.82, 2.24) is 21.3 Å². The van der Waals surface area contributed by atoms with E-state index in [4.69, 9.17) is 19.6 Å². The van der Waals surface area contributed by atoms with E-state index < -0.39 is 41.5 Å². The molecule has 0 spiro atoms. The first-order valence-corrected chi connectivity index (χ1v) is 21.9. The van der Waals surface area contributed by atoms with Gasteiger partial charge in [-0.15, -0.1) is 0 Å². The van der Waals surface area contributed by atoms with Crippen molar-refractivity contribution in [2.45, 2.75) is 96.1 Å². The van der Waals surface area contributed by atoms with Gasteiger partial charge in [-0.05, 0) is 105 Å². The van der Waals surface area contributed by atoms with Crippen molar-refractivity contribution in [3.63, 3.8) is 0 Å². The molecule has 8 rings (SSSR count). The zero-order valence-corrected chi connectivity index (χ0v) is 35.8. The maximum absolute atomic E-state index is 14.2. The van der Waals surface area contributed by atoms with Crippen LogP contribution < -0.4 is 37.2 Å². The highest BCUT2D eigenvalue weighted by atomic mass is 16.6. The number of carbonyl (C=O) groups is 1. The second kappa shape index (κ2) is 17.7. The molecule has 0 fully saturated rings. The van der Waals surface area contributed by atoms with E-state index in [9.17, 15) is 30.0 Å². The molecule has 7 unspecified atom stereocenters. The molecule has 7 atom stereocenters. The van der Waals surface area contributed by atoms with Crippen LogP contribution in [0, 0.1) is 11.8 Å². The number of esters is 1. The molecule has 4 bridgehead atoms. The van der Waals surface area contributed by atoms with Gasteiger partial charge < -0.3 is 56.0 Å². The van der Waals surface area contributed by atoms with Gasteiger partial charge in [0.1, 0.15) is 58.1 Å². The van der Waals surface area contributed by atoms with Crippen molar-refractivity contribution in [3.8, 4) is 17.2 Å². The third-order valence-electron chi connectivity index (χ3n) is 13.6. The molecule has 3 aromatic rings. The summed E-state index contributed by atoms with van der Waals surface area (Å²) < 4.78 is 20.6. The van der Waals surface area contributed by atoms with Crippen LogP contribution in [0.1, 0.15) is 86.8 Å². The van der Waals surface area contributed by atoms with Crippen LogP contribution in [0.3, 0.4) is 0 Å². The summed E-state index contributed by atoms with van der Waals surface area (Å²) in [5, 5.41) is 58.8. The maximum atomic E-state index is 14.2. The number of ether oxygens (including phenoxy) is 2. The van der Waals surface area contributed by atoms with E-state index in [0.717, 1.165) is 34.9 Å². The third-order valence-corrected chi connectivity index (χ3v) is 13.6. The summed E-state index contributed by atoms with van der Waals surface area (Å²) in [6, 6.07) is 6.40. The third kappa shape index (κ3) is 7.67. The van der Waals surface area contributed by atoms with Crippen molar-refractivity contribution in [1.29, 1.82) is 0 Å². The first-order valence-electron chi connectivity index (χ1n) is 21.9. The molecule has 5 heterocycles. The number of dihydropyridines is 2. The molecule has 0 saturated carbocycles. The molecule has 330 valence electrons. The summed E-state index contributed by atoms with van der Waals surface area (Å²) in [5.74, 6) is -2.28. The molecular weight excluding hydrogens is 791 g/mol. The van der Waals surface area contributed by atoms with Gasteiger partial charge in [0.25, 0.3) is 0 Å². The number of aliphatic hydroxyl groups excluding tert-OH is 2. The zero-order chi connectivity index (χ0) is 43.9. The molecule has 2 aromatic carbocycles. The van der Waals surface area contributed by atoms with Gasteiger partial charge >= 0.3 is 5.97 Å². The summed E-state index contributed by atoms with van der Waals surface area (Å²) in [6.45, 7) is 8.87. The normalized spacial score (nSPS) is 26.7. The Balaban J connectivity index is 1.46. The van der Waals surface area contributed by atoms with E-state index in [1.807, 2.05) is 33.0 Å². The Kier molecular flexibility index (Phi) is 12.3. The fraction of sp³-hybridized carbons (Fsp3) is 0.458. The predicted molar refractivity (Wildman–Crippen MR) is 235 cm³/mol. The van der Waals surface area contributed by atoms with E-state index in [1.54, 1.807) is 25.1 Å². The maximum Gasteiger partial charge on any atom is 0.335 e. The fourth-order valence-electron chi connectivity index (χ4n) is 10.4. The van der Waals surface area contributed by atoms with Gasteiger partial charge in [0.05, 0.1) is 12.8 Å². The van der Waals surface area contributed by atoms with Gasteiger partial charge in [0.15, 0.2) is 5.43 Å². The van der Waals surface area contributed by atoms with Crippen LogP contribution in [0.4, 0.5) is 0 Å². The number of fused-ring (bicyclic) bond motifs is 5. The molecule has 10 N–H and O–H groups in total. The number of carbonyl (C=O) groups excluding carboxylic acids is 1. The number of nitrogens with one attached hydrogen (secondary N) is 4. The van der Waals surface area contributed by atoms with Crippen LogP contribution >= 0.6 is 0 Å². The van der Waals surface area contributed by atoms with Crippen LogP contribution in [-0.2, 0) is 29.0 Å². The molecule has 1 aromatic heterocycles. The lowest BCUT2D eigenvalue weighted by atomic mass is 9.65. The van der Waals surface area contributed by atoms with E-state index in [2.05, 4.69) is 39.5 Å². The number of aromatic hydroxyl groups is 2. The van der Waals surface area contributed by atoms with Crippen LogP contribution in [0.5, 0.6) is 17.2 Å². The average molecular weight is 850 g/mol. The highest BCUT2D eigenvalue weighted by Crippen LogP contribution is 2.59. The first-order chi connectivity index (χ1) is 29.9. The summed E-state index contributed by atoms with van der Waals surface area (Å²) >= 11 is 0. The Morgan fingerprint density at radius 2 is 1.98 bits per heavy atom. The van der Waals surface area contributed by atoms with E-state index in [1.165, 1.54) is 0 Å². The van der Waals surface area contributed by atoms with Crippen molar-refractivity contribution < 1.29 is 39.1 Å². The molecule has 0 radical (unpaired) electrons. The highest BCUT2D eigenvalue weighted by Gasteiger charge is 2.54. The quantitative estimate of drug-likeness (QED) is 0.0967. The monoisotopic (exact) mass is 849 g/mol. The zero-order valence-electron chi connectivity index (χ0n) is 35.8. The molecular formula is C48H59N5O9. The fourth-order valence-corrected chi connectivity index (χ4v) is 10.4. The molecule has 0 saturated heterocycles. The van der Waals surface area contributed by atoms with Gasteiger partial charge in [-0.2, -0.15) is 0 Å².